The average molecular weight is 613 g/mol. The maximum Gasteiger partial charge on any atom is 0.514 e. The molecule has 0 saturated carbocycles. The van der Waals surface area contributed by atoms with Gasteiger partial charge in [-0.25, -0.2) is 14.4 Å². The fraction of sp³-hybridized carbons (Fsp3) is 0.152. The standard InChI is InChI=1S/C33H28N2O10/c36-30(26-12-7-13-27(19-26)35(40)41)22-42-31(37)29(34-32(38)43-20-24-8-3-1-4-9-24)18-23-14-16-28(17-15-23)45-33(39)44-21-25-10-5-2-6-11-25/h1-17,19,29H,18,20-22H2,(H,34,38)/t29-/m0/s1. The first-order valence-corrected chi connectivity index (χ1v) is 13.7. The van der Waals surface area contributed by atoms with Crippen LogP contribution in [0.1, 0.15) is 27.0 Å². The molecule has 0 heterocycles. The molecule has 0 aliphatic heterocycles. The zero-order chi connectivity index (χ0) is 32.0. The van der Waals surface area contributed by atoms with Gasteiger partial charge in [-0.3, -0.25) is 14.9 Å². The zero-order valence-electron chi connectivity index (χ0n) is 23.8. The fourth-order valence-corrected chi connectivity index (χ4v) is 3.99. The SMILES string of the molecule is O=C(N[C@@H](Cc1ccc(OC(=O)OCc2ccccc2)cc1)C(=O)OCC(=O)c1cccc([N+](=O)[O-])c1)OCc1ccccc1. The molecule has 1 atom stereocenters. The van der Waals surface area contributed by atoms with Crippen LogP contribution in [0.15, 0.2) is 109 Å². The molecule has 0 aliphatic rings. The number of amides is 1. The quantitative estimate of drug-likeness (QED) is 0.0504. The summed E-state index contributed by atoms with van der Waals surface area (Å²) in [5.74, 6) is -1.41. The van der Waals surface area contributed by atoms with Crippen LogP contribution in [0.5, 0.6) is 5.75 Å². The summed E-state index contributed by atoms with van der Waals surface area (Å²) >= 11 is 0. The van der Waals surface area contributed by atoms with Crippen molar-refractivity contribution in [3.05, 3.63) is 142 Å². The van der Waals surface area contributed by atoms with Crippen molar-refractivity contribution in [1.29, 1.82) is 0 Å². The highest BCUT2D eigenvalue weighted by Gasteiger charge is 2.25. The first kappa shape index (κ1) is 31.9. The van der Waals surface area contributed by atoms with Crippen LogP contribution in [0.2, 0.25) is 0 Å². The van der Waals surface area contributed by atoms with E-state index in [1.807, 2.05) is 24.3 Å². The van der Waals surface area contributed by atoms with Gasteiger partial charge in [-0.05, 0) is 28.8 Å². The number of nitro benzene ring substituents is 1. The molecule has 0 spiro atoms. The second kappa shape index (κ2) is 16.0. The number of hydrogen-bond donors (Lipinski definition) is 1. The fourth-order valence-electron chi connectivity index (χ4n) is 3.99. The van der Waals surface area contributed by atoms with Crippen molar-refractivity contribution in [3.8, 4) is 5.75 Å². The predicted molar refractivity (Wildman–Crippen MR) is 159 cm³/mol. The maximum absolute atomic E-state index is 13.0. The van der Waals surface area contributed by atoms with Crippen LogP contribution in [0.4, 0.5) is 15.3 Å². The molecule has 0 bridgehead atoms. The first-order chi connectivity index (χ1) is 21.8. The van der Waals surface area contributed by atoms with E-state index in [4.69, 9.17) is 18.9 Å². The molecule has 4 aromatic rings. The average Bonchev–Trinajstić information content (AvgIpc) is 3.06. The molecular weight excluding hydrogens is 584 g/mol. The lowest BCUT2D eigenvalue weighted by molar-refractivity contribution is -0.384. The number of non-ortho nitro benzene ring substituents is 1. The molecule has 0 aliphatic carbocycles. The Bertz CT molecular complexity index is 1630. The van der Waals surface area contributed by atoms with Gasteiger partial charge in [-0.1, -0.05) is 84.9 Å². The van der Waals surface area contributed by atoms with Gasteiger partial charge in [0, 0.05) is 24.1 Å². The molecule has 12 heteroatoms. The molecular formula is C33H28N2O10. The van der Waals surface area contributed by atoms with Gasteiger partial charge >= 0.3 is 18.2 Å². The number of nitrogens with one attached hydrogen (secondary N) is 1. The van der Waals surface area contributed by atoms with Crippen LogP contribution in [0.25, 0.3) is 0 Å². The van der Waals surface area contributed by atoms with Crippen molar-refractivity contribution < 1.29 is 43.0 Å². The lowest BCUT2D eigenvalue weighted by Crippen LogP contribution is -2.44. The number of esters is 1. The van der Waals surface area contributed by atoms with Crippen LogP contribution in [0.3, 0.4) is 0 Å². The Kier molecular flexibility index (Phi) is 11.3. The highest BCUT2D eigenvalue weighted by molar-refractivity contribution is 5.98. The van der Waals surface area contributed by atoms with Gasteiger partial charge in [0.25, 0.3) is 5.69 Å². The van der Waals surface area contributed by atoms with Crippen LogP contribution < -0.4 is 10.1 Å². The molecule has 0 radical (unpaired) electrons. The number of alkyl carbamates (subject to hydrolysis) is 1. The van der Waals surface area contributed by atoms with Crippen molar-refractivity contribution in [1.82, 2.24) is 5.32 Å². The second-order valence-corrected chi connectivity index (χ2v) is 9.57. The summed E-state index contributed by atoms with van der Waals surface area (Å²) in [5.41, 5.74) is 1.78. The lowest BCUT2D eigenvalue weighted by atomic mass is 10.1. The summed E-state index contributed by atoms with van der Waals surface area (Å²) in [6, 6.07) is 27.9. The molecule has 4 aromatic carbocycles. The summed E-state index contributed by atoms with van der Waals surface area (Å²) in [6.45, 7) is -0.724. The van der Waals surface area contributed by atoms with Crippen molar-refractivity contribution in [2.75, 3.05) is 6.61 Å². The number of nitrogens with zero attached hydrogens (tertiary/aromatic N) is 1. The Labute approximate surface area is 257 Å². The number of hydrogen-bond acceptors (Lipinski definition) is 10. The molecule has 4 rings (SSSR count). The van der Waals surface area contributed by atoms with E-state index in [-0.39, 0.29) is 36.6 Å². The molecule has 0 fully saturated rings. The summed E-state index contributed by atoms with van der Waals surface area (Å²) in [4.78, 5) is 60.7. The van der Waals surface area contributed by atoms with Crippen LogP contribution in [-0.2, 0) is 38.6 Å². The molecule has 12 nitrogen and oxygen atoms in total. The molecule has 45 heavy (non-hydrogen) atoms. The Morgan fingerprint density at radius 3 is 1.96 bits per heavy atom. The van der Waals surface area contributed by atoms with E-state index < -0.39 is 41.6 Å². The topological polar surface area (TPSA) is 160 Å². The van der Waals surface area contributed by atoms with Crippen LogP contribution in [-0.4, -0.2) is 41.6 Å². The Morgan fingerprint density at radius 2 is 1.33 bits per heavy atom. The van der Waals surface area contributed by atoms with Gasteiger partial charge in [0.2, 0.25) is 5.78 Å². The zero-order valence-corrected chi connectivity index (χ0v) is 23.8. The third kappa shape index (κ3) is 10.3. The van der Waals surface area contributed by atoms with E-state index in [0.717, 1.165) is 17.2 Å². The van der Waals surface area contributed by atoms with Gasteiger partial charge in [0.05, 0.1) is 4.92 Å². The van der Waals surface area contributed by atoms with Crippen molar-refractivity contribution in [2.24, 2.45) is 0 Å². The normalized spacial score (nSPS) is 11.0. The van der Waals surface area contributed by atoms with E-state index >= 15 is 0 Å². The Balaban J connectivity index is 1.37. The van der Waals surface area contributed by atoms with Gasteiger partial charge in [0.1, 0.15) is 25.0 Å². The highest BCUT2D eigenvalue weighted by atomic mass is 16.7. The van der Waals surface area contributed by atoms with E-state index in [1.165, 1.54) is 30.3 Å². The Hall–Kier alpha value is -6.04. The molecule has 1 amide bonds. The number of ether oxygens (including phenoxy) is 4. The third-order valence-electron chi connectivity index (χ3n) is 6.28. The number of rotatable bonds is 13. The molecule has 0 unspecified atom stereocenters. The van der Waals surface area contributed by atoms with E-state index in [2.05, 4.69) is 5.32 Å². The first-order valence-electron chi connectivity index (χ1n) is 13.7. The number of ketones is 1. The number of benzene rings is 4. The minimum atomic E-state index is -1.27. The Morgan fingerprint density at radius 1 is 0.711 bits per heavy atom. The monoisotopic (exact) mass is 612 g/mol. The number of carbonyl (C=O) groups is 4. The van der Waals surface area contributed by atoms with Gasteiger partial charge in [-0.15, -0.1) is 0 Å². The number of Topliss-reactive ketones (excluding diaryl/α,β-unsaturated/α-hetero) is 1. The summed E-state index contributed by atoms with van der Waals surface area (Å²) in [7, 11) is 0. The molecule has 0 aromatic heterocycles. The highest BCUT2D eigenvalue weighted by Crippen LogP contribution is 2.17. The molecule has 1 N–H and O–H groups in total. The second-order valence-electron chi connectivity index (χ2n) is 9.57. The van der Waals surface area contributed by atoms with E-state index in [9.17, 15) is 29.3 Å². The van der Waals surface area contributed by atoms with Gasteiger partial charge in [0.15, 0.2) is 6.61 Å². The molecule has 0 saturated heterocycles. The third-order valence-corrected chi connectivity index (χ3v) is 6.28. The minimum absolute atomic E-state index is 0.0123. The number of carbonyl (C=O) groups excluding carboxylic acids is 4. The maximum atomic E-state index is 13.0. The molecule has 230 valence electrons. The van der Waals surface area contributed by atoms with Crippen LogP contribution >= 0.6 is 0 Å². The van der Waals surface area contributed by atoms with E-state index in [1.54, 1.807) is 48.5 Å². The van der Waals surface area contributed by atoms with Crippen molar-refractivity contribution >= 4 is 29.7 Å². The van der Waals surface area contributed by atoms with Gasteiger partial charge < -0.3 is 24.3 Å². The van der Waals surface area contributed by atoms with Gasteiger partial charge in [-0.2, -0.15) is 0 Å². The minimum Gasteiger partial charge on any atom is -0.456 e. The van der Waals surface area contributed by atoms with E-state index in [0.29, 0.717) is 5.56 Å². The summed E-state index contributed by atoms with van der Waals surface area (Å²) < 4.78 is 20.7. The smallest absolute Gasteiger partial charge is 0.456 e. The number of nitro groups is 1. The van der Waals surface area contributed by atoms with Crippen molar-refractivity contribution in [2.45, 2.75) is 25.7 Å². The summed E-state index contributed by atoms with van der Waals surface area (Å²) in [6.07, 6.45) is -1.86. The lowest BCUT2D eigenvalue weighted by Gasteiger charge is -2.18. The predicted octanol–water partition coefficient (Wildman–Crippen LogP) is 5.57. The largest absolute Gasteiger partial charge is 0.514 e. The van der Waals surface area contributed by atoms with Crippen molar-refractivity contribution in [3.63, 3.8) is 0 Å². The summed E-state index contributed by atoms with van der Waals surface area (Å²) in [5, 5.41) is 13.5. The van der Waals surface area contributed by atoms with Crippen LogP contribution in [0, 0.1) is 10.1 Å².